The van der Waals surface area contributed by atoms with E-state index < -0.39 is 0 Å². The number of hydrogen-bond acceptors (Lipinski definition) is 4. The SMILES string of the molecule is CCNC(=NCC1(CCOC)CCCC1)NCC(c1ccccc1OC)N(C)C.I. The first kappa shape index (κ1) is 27.0. The van der Waals surface area contributed by atoms with Crippen LogP contribution in [0.5, 0.6) is 5.75 Å². The number of aliphatic imine (C=N–C) groups is 1. The van der Waals surface area contributed by atoms with Crippen molar-refractivity contribution < 1.29 is 9.47 Å². The monoisotopic (exact) mass is 532 g/mol. The van der Waals surface area contributed by atoms with Crippen molar-refractivity contribution in [3.8, 4) is 5.75 Å². The molecule has 2 N–H and O–H groups in total. The number of benzene rings is 1. The fraction of sp³-hybridized carbons (Fsp3) is 0.696. The van der Waals surface area contributed by atoms with Gasteiger partial charge in [-0.15, -0.1) is 24.0 Å². The number of nitrogens with one attached hydrogen (secondary N) is 2. The Hall–Kier alpha value is -1.06. The highest BCUT2D eigenvalue weighted by molar-refractivity contribution is 14.0. The number of ether oxygens (including phenoxy) is 2. The summed E-state index contributed by atoms with van der Waals surface area (Å²) in [6.07, 6.45) is 6.20. The van der Waals surface area contributed by atoms with Crippen molar-refractivity contribution in [1.29, 1.82) is 0 Å². The van der Waals surface area contributed by atoms with Gasteiger partial charge in [0.1, 0.15) is 5.75 Å². The summed E-state index contributed by atoms with van der Waals surface area (Å²) in [4.78, 5) is 7.19. The molecule has 1 unspecified atom stereocenters. The molecule has 1 fully saturated rings. The summed E-state index contributed by atoms with van der Waals surface area (Å²) in [6.45, 7) is 5.38. The van der Waals surface area contributed by atoms with Gasteiger partial charge >= 0.3 is 0 Å². The summed E-state index contributed by atoms with van der Waals surface area (Å²) < 4.78 is 10.9. The Bertz CT molecular complexity index is 633. The average Bonchev–Trinajstić information content (AvgIpc) is 3.20. The van der Waals surface area contributed by atoms with Gasteiger partial charge in [0.2, 0.25) is 0 Å². The second kappa shape index (κ2) is 14.1. The zero-order chi connectivity index (χ0) is 21.1. The molecule has 0 aromatic heterocycles. The predicted molar refractivity (Wildman–Crippen MR) is 136 cm³/mol. The van der Waals surface area contributed by atoms with Crippen LogP contribution in [0.2, 0.25) is 0 Å². The summed E-state index contributed by atoms with van der Waals surface area (Å²) in [5.74, 6) is 1.80. The third kappa shape index (κ3) is 7.89. The molecule has 0 radical (unpaired) electrons. The first-order valence-corrected chi connectivity index (χ1v) is 10.9. The standard InChI is InChI=1S/C23H40N4O2.HI/c1-6-24-22(26-18-23(15-16-28-4)13-9-10-14-23)25-17-20(27(2)3)19-11-7-8-12-21(19)29-5;/h7-8,11-12,20H,6,9-10,13-18H2,1-5H3,(H2,24,25,26);1H. The lowest BCUT2D eigenvalue weighted by molar-refractivity contribution is 0.141. The number of likely N-dealkylation sites (N-methyl/N-ethyl adjacent to an activating group) is 1. The molecule has 172 valence electrons. The number of halogens is 1. The zero-order valence-electron chi connectivity index (χ0n) is 19.4. The van der Waals surface area contributed by atoms with Crippen molar-refractivity contribution in [2.75, 3.05) is 54.6 Å². The third-order valence-electron chi connectivity index (χ3n) is 6.00. The lowest BCUT2D eigenvalue weighted by Gasteiger charge is -2.29. The van der Waals surface area contributed by atoms with Crippen LogP contribution < -0.4 is 15.4 Å². The van der Waals surface area contributed by atoms with E-state index in [-0.39, 0.29) is 30.0 Å². The zero-order valence-corrected chi connectivity index (χ0v) is 21.7. The van der Waals surface area contributed by atoms with E-state index in [1.165, 1.54) is 31.2 Å². The highest BCUT2D eigenvalue weighted by Crippen LogP contribution is 2.41. The number of methoxy groups -OCH3 is 2. The van der Waals surface area contributed by atoms with Gasteiger partial charge in [-0.3, -0.25) is 4.99 Å². The molecule has 1 aliphatic rings. The van der Waals surface area contributed by atoms with Crippen LogP contribution in [0.1, 0.15) is 50.6 Å². The molecular weight excluding hydrogens is 491 g/mol. The van der Waals surface area contributed by atoms with Gasteiger partial charge in [-0.05, 0) is 51.8 Å². The van der Waals surface area contributed by atoms with E-state index in [0.717, 1.165) is 44.4 Å². The van der Waals surface area contributed by atoms with Crippen LogP contribution in [-0.2, 0) is 4.74 Å². The smallest absolute Gasteiger partial charge is 0.191 e. The van der Waals surface area contributed by atoms with E-state index in [1.54, 1.807) is 14.2 Å². The summed E-state index contributed by atoms with van der Waals surface area (Å²) in [6, 6.07) is 8.41. The van der Waals surface area contributed by atoms with Gasteiger partial charge in [0.05, 0.1) is 13.2 Å². The molecule has 2 rings (SSSR count). The molecule has 1 saturated carbocycles. The molecule has 0 aliphatic heterocycles. The summed E-state index contributed by atoms with van der Waals surface area (Å²) in [5.41, 5.74) is 1.47. The highest BCUT2D eigenvalue weighted by atomic mass is 127. The van der Waals surface area contributed by atoms with Crippen molar-refractivity contribution >= 4 is 29.9 Å². The second-order valence-electron chi connectivity index (χ2n) is 8.25. The number of para-hydroxylation sites is 1. The Balaban J connectivity index is 0.00000450. The minimum Gasteiger partial charge on any atom is -0.496 e. The van der Waals surface area contributed by atoms with Gasteiger partial charge in [0.25, 0.3) is 0 Å². The highest BCUT2D eigenvalue weighted by Gasteiger charge is 2.33. The van der Waals surface area contributed by atoms with E-state index in [2.05, 4.69) is 48.7 Å². The van der Waals surface area contributed by atoms with Gasteiger partial charge in [0, 0.05) is 38.9 Å². The Morgan fingerprint density at radius 2 is 1.87 bits per heavy atom. The Morgan fingerprint density at radius 3 is 2.47 bits per heavy atom. The molecule has 0 heterocycles. The van der Waals surface area contributed by atoms with Crippen molar-refractivity contribution in [2.45, 2.75) is 45.1 Å². The predicted octanol–water partition coefficient (Wildman–Crippen LogP) is 4.07. The maximum absolute atomic E-state index is 5.58. The Labute approximate surface area is 200 Å². The molecule has 0 spiro atoms. The van der Waals surface area contributed by atoms with Gasteiger partial charge in [0.15, 0.2) is 5.96 Å². The number of rotatable bonds is 11. The van der Waals surface area contributed by atoms with Crippen LogP contribution in [0.15, 0.2) is 29.3 Å². The molecular formula is C23H41IN4O2. The molecule has 1 aromatic carbocycles. The maximum atomic E-state index is 5.58. The largest absolute Gasteiger partial charge is 0.496 e. The lowest BCUT2D eigenvalue weighted by Crippen LogP contribution is -2.42. The van der Waals surface area contributed by atoms with Gasteiger partial charge < -0.3 is 25.0 Å². The van der Waals surface area contributed by atoms with Crippen LogP contribution in [0, 0.1) is 5.41 Å². The van der Waals surface area contributed by atoms with Crippen molar-refractivity contribution in [3.05, 3.63) is 29.8 Å². The first-order valence-electron chi connectivity index (χ1n) is 10.9. The van der Waals surface area contributed by atoms with E-state index in [0.29, 0.717) is 5.41 Å². The van der Waals surface area contributed by atoms with Crippen LogP contribution in [0.25, 0.3) is 0 Å². The van der Waals surface area contributed by atoms with Gasteiger partial charge in [-0.25, -0.2) is 0 Å². The van der Waals surface area contributed by atoms with Crippen molar-refractivity contribution in [3.63, 3.8) is 0 Å². The van der Waals surface area contributed by atoms with Crippen LogP contribution in [0.4, 0.5) is 0 Å². The minimum absolute atomic E-state index is 0. The summed E-state index contributed by atoms with van der Waals surface area (Å²) in [7, 11) is 7.71. The Morgan fingerprint density at radius 1 is 1.17 bits per heavy atom. The van der Waals surface area contributed by atoms with E-state index in [4.69, 9.17) is 14.5 Å². The van der Waals surface area contributed by atoms with E-state index >= 15 is 0 Å². The molecule has 1 aromatic rings. The second-order valence-corrected chi connectivity index (χ2v) is 8.25. The Kier molecular flexibility index (Phi) is 12.7. The summed E-state index contributed by atoms with van der Waals surface area (Å²) >= 11 is 0. The molecule has 0 bridgehead atoms. The number of hydrogen-bond donors (Lipinski definition) is 2. The van der Waals surface area contributed by atoms with Crippen LogP contribution in [-0.4, -0.2) is 65.4 Å². The van der Waals surface area contributed by atoms with Gasteiger partial charge in [-0.1, -0.05) is 31.0 Å². The minimum atomic E-state index is 0. The van der Waals surface area contributed by atoms with Crippen molar-refractivity contribution in [2.24, 2.45) is 10.4 Å². The number of guanidine groups is 1. The topological polar surface area (TPSA) is 58.1 Å². The maximum Gasteiger partial charge on any atom is 0.191 e. The van der Waals surface area contributed by atoms with Crippen molar-refractivity contribution in [1.82, 2.24) is 15.5 Å². The van der Waals surface area contributed by atoms with Crippen LogP contribution >= 0.6 is 24.0 Å². The lowest BCUT2D eigenvalue weighted by atomic mass is 9.83. The average molecular weight is 533 g/mol. The first-order chi connectivity index (χ1) is 14.0. The molecule has 1 atom stereocenters. The fourth-order valence-electron chi connectivity index (χ4n) is 4.23. The quantitative estimate of drug-likeness (QED) is 0.256. The molecule has 0 saturated heterocycles. The molecule has 6 nitrogen and oxygen atoms in total. The molecule has 0 amide bonds. The molecule has 1 aliphatic carbocycles. The van der Waals surface area contributed by atoms with E-state index in [1.807, 2.05) is 12.1 Å². The van der Waals surface area contributed by atoms with Crippen LogP contribution in [0.3, 0.4) is 0 Å². The fourth-order valence-corrected chi connectivity index (χ4v) is 4.23. The van der Waals surface area contributed by atoms with E-state index in [9.17, 15) is 0 Å². The normalized spacial score (nSPS) is 16.8. The number of nitrogens with zero attached hydrogens (tertiary/aromatic N) is 2. The summed E-state index contributed by atoms with van der Waals surface area (Å²) in [5, 5.41) is 6.97. The molecule has 30 heavy (non-hydrogen) atoms. The third-order valence-corrected chi connectivity index (χ3v) is 6.00. The molecule has 7 heteroatoms. The van der Waals surface area contributed by atoms with Gasteiger partial charge in [-0.2, -0.15) is 0 Å².